The van der Waals surface area contributed by atoms with Gasteiger partial charge in [-0.15, -0.1) is 0 Å². The summed E-state index contributed by atoms with van der Waals surface area (Å²) in [6.45, 7) is 0. The third-order valence-corrected chi connectivity index (χ3v) is 10.6. The molecule has 0 saturated carbocycles. The van der Waals surface area contributed by atoms with Gasteiger partial charge in [-0.25, -0.2) is 0 Å². The largest absolute Gasteiger partial charge is 0.307 e. The molecule has 0 fully saturated rings. The van der Waals surface area contributed by atoms with Crippen molar-refractivity contribution in [3.63, 3.8) is 0 Å². The highest BCUT2D eigenvalue weighted by Gasteiger charge is 2.24. The molecule has 2 heteroatoms. The molecule has 2 heterocycles. The number of para-hydroxylation sites is 3. The van der Waals surface area contributed by atoms with E-state index in [0.717, 1.165) is 11.4 Å². The second-order valence-electron chi connectivity index (χ2n) is 13.3. The minimum absolute atomic E-state index is 1.16. The first-order valence-corrected chi connectivity index (χ1v) is 17.3. The zero-order valence-electron chi connectivity index (χ0n) is 27.2. The van der Waals surface area contributed by atoms with E-state index in [1.54, 1.807) is 0 Å². The Morgan fingerprint density at radius 1 is 0.280 bits per heavy atom. The lowest BCUT2D eigenvalue weighted by atomic mass is 9.98. The van der Waals surface area contributed by atoms with E-state index in [2.05, 4.69) is 191 Å². The number of aromatic nitrogens is 2. The smallest absolute Gasteiger partial charge is 0.0795 e. The predicted octanol–water partition coefficient (Wildman–Crippen LogP) is 13.0. The summed E-state index contributed by atoms with van der Waals surface area (Å²) in [5.74, 6) is 0. The molecule has 0 amide bonds. The second-order valence-corrected chi connectivity index (χ2v) is 13.3. The summed E-state index contributed by atoms with van der Waals surface area (Å²) in [6, 6.07) is 66.7. The average molecular weight is 635 g/mol. The molecule has 0 spiro atoms. The van der Waals surface area contributed by atoms with Gasteiger partial charge in [-0.1, -0.05) is 133 Å². The van der Waals surface area contributed by atoms with Crippen molar-refractivity contribution < 1.29 is 0 Å². The van der Waals surface area contributed by atoms with Gasteiger partial charge in [0.15, 0.2) is 0 Å². The van der Waals surface area contributed by atoms with E-state index in [1.807, 2.05) is 0 Å². The maximum Gasteiger partial charge on any atom is 0.0795 e. The van der Waals surface area contributed by atoms with Gasteiger partial charge in [0, 0.05) is 32.9 Å². The summed E-state index contributed by atoms with van der Waals surface area (Å²) in [5, 5.41) is 12.6. The molecule has 9 aromatic carbocycles. The van der Waals surface area contributed by atoms with Crippen LogP contribution < -0.4 is 0 Å². The third kappa shape index (κ3) is 3.85. The highest BCUT2D eigenvalue weighted by molar-refractivity contribution is 6.36. The van der Waals surface area contributed by atoms with Crippen molar-refractivity contribution >= 4 is 75.9 Å². The van der Waals surface area contributed by atoms with Crippen molar-refractivity contribution in [3.05, 3.63) is 182 Å². The zero-order chi connectivity index (χ0) is 32.8. The zero-order valence-corrected chi connectivity index (χ0v) is 27.2. The van der Waals surface area contributed by atoms with Crippen LogP contribution in [0, 0.1) is 0 Å². The summed E-state index contributed by atoms with van der Waals surface area (Å²) in [5.41, 5.74) is 9.66. The van der Waals surface area contributed by atoms with Crippen LogP contribution in [0.4, 0.5) is 0 Å². The first-order chi connectivity index (χ1) is 24.8. The highest BCUT2D eigenvalue weighted by Crippen LogP contribution is 2.46. The van der Waals surface area contributed by atoms with E-state index in [1.165, 1.54) is 87.1 Å². The molecule has 0 saturated heterocycles. The van der Waals surface area contributed by atoms with Gasteiger partial charge in [0.25, 0.3) is 0 Å². The van der Waals surface area contributed by atoms with E-state index >= 15 is 0 Å². The Morgan fingerprint density at radius 3 is 1.36 bits per heavy atom. The maximum atomic E-state index is 2.51. The van der Waals surface area contributed by atoms with Gasteiger partial charge in [0.2, 0.25) is 0 Å². The van der Waals surface area contributed by atoms with Crippen LogP contribution >= 0.6 is 0 Å². The Morgan fingerprint density at radius 2 is 0.720 bits per heavy atom. The number of rotatable bonds is 3. The van der Waals surface area contributed by atoms with Crippen molar-refractivity contribution in [3.8, 4) is 22.5 Å². The average Bonchev–Trinajstić information content (AvgIpc) is 3.72. The molecule has 0 aliphatic heterocycles. The Balaban J connectivity index is 1.24. The number of hydrogen-bond acceptors (Lipinski definition) is 0. The lowest BCUT2D eigenvalue weighted by Gasteiger charge is -2.14. The second kappa shape index (κ2) is 10.4. The molecule has 0 atom stereocenters. The van der Waals surface area contributed by atoms with Crippen molar-refractivity contribution in [1.29, 1.82) is 0 Å². The van der Waals surface area contributed by atoms with Crippen LogP contribution in [0.5, 0.6) is 0 Å². The van der Waals surface area contributed by atoms with Crippen molar-refractivity contribution in [2.75, 3.05) is 0 Å². The molecule has 0 radical (unpaired) electrons. The topological polar surface area (TPSA) is 9.86 Å². The summed E-state index contributed by atoms with van der Waals surface area (Å²) >= 11 is 0. The van der Waals surface area contributed by atoms with Gasteiger partial charge >= 0.3 is 0 Å². The normalized spacial score (nSPS) is 12.0. The number of benzene rings is 9. The van der Waals surface area contributed by atoms with Crippen LogP contribution in [-0.4, -0.2) is 9.13 Å². The molecule has 0 N–H and O–H groups in total. The fourth-order valence-corrected chi connectivity index (χ4v) is 8.43. The van der Waals surface area contributed by atoms with Gasteiger partial charge in [0.05, 0.1) is 22.1 Å². The molecule has 0 aliphatic carbocycles. The molecule has 0 aliphatic rings. The van der Waals surface area contributed by atoms with Gasteiger partial charge in [-0.3, -0.25) is 0 Å². The Labute approximate surface area is 288 Å². The quantitative estimate of drug-likeness (QED) is 0.183. The number of hydrogen-bond donors (Lipinski definition) is 0. The van der Waals surface area contributed by atoms with Crippen molar-refractivity contribution in [1.82, 2.24) is 9.13 Å². The molecule has 2 aromatic heterocycles. The molecule has 11 rings (SSSR count). The number of nitrogens with zero attached hydrogens (tertiary/aromatic N) is 2. The molecule has 50 heavy (non-hydrogen) atoms. The summed E-state index contributed by atoms with van der Waals surface area (Å²) in [7, 11) is 0. The SMILES string of the molecule is c1ccc(-n2c3ccccc3c3c4ccccc4c4c5ccccc5n(-c5ccc6cc(-c7ccc8ccccc8c7)ccc6c5)c4c32)cc1. The van der Waals surface area contributed by atoms with Crippen LogP contribution in [0.2, 0.25) is 0 Å². The van der Waals surface area contributed by atoms with E-state index in [-0.39, 0.29) is 0 Å². The predicted molar refractivity (Wildman–Crippen MR) is 213 cm³/mol. The first-order valence-electron chi connectivity index (χ1n) is 17.3. The van der Waals surface area contributed by atoms with Gasteiger partial charge in [0.1, 0.15) is 0 Å². The fraction of sp³-hybridized carbons (Fsp3) is 0. The van der Waals surface area contributed by atoms with Crippen molar-refractivity contribution in [2.45, 2.75) is 0 Å². The number of fused-ring (bicyclic) bond motifs is 12. The standard InChI is InChI=1S/C48H30N2/c1-2-14-37(15-3-1)49-43-20-10-8-18-41(43)45-39-16-6-7-17-40(39)46-42-19-9-11-21-44(42)50(48(46)47(45)49)38-27-26-35-29-34(24-25-36(35)30-38)33-23-22-31-12-4-5-13-32(31)28-33/h1-30H. The Hall–Kier alpha value is -6.64. The molecule has 0 unspecified atom stereocenters. The van der Waals surface area contributed by atoms with Gasteiger partial charge in [-0.05, 0) is 92.0 Å². The minimum atomic E-state index is 1.16. The van der Waals surface area contributed by atoms with E-state index < -0.39 is 0 Å². The summed E-state index contributed by atoms with van der Waals surface area (Å²) in [6.07, 6.45) is 0. The Bertz CT molecular complexity index is 3140. The van der Waals surface area contributed by atoms with Crippen LogP contribution in [-0.2, 0) is 0 Å². The van der Waals surface area contributed by atoms with E-state index in [4.69, 9.17) is 0 Å². The lowest BCUT2D eigenvalue weighted by Crippen LogP contribution is -1.99. The molecule has 232 valence electrons. The fourth-order valence-electron chi connectivity index (χ4n) is 8.43. The molecule has 0 bridgehead atoms. The maximum absolute atomic E-state index is 2.51. The van der Waals surface area contributed by atoms with Crippen molar-refractivity contribution in [2.24, 2.45) is 0 Å². The lowest BCUT2D eigenvalue weighted by molar-refractivity contribution is 1.15. The van der Waals surface area contributed by atoms with E-state index in [0.29, 0.717) is 0 Å². The van der Waals surface area contributed by atoms with Gasteiger partial charge in [-0.2, -0.15) is 0 Å². The van der Waals surface area contributed by atoms with Crippen LogP contribution in [0.1, 0.15) is 0 Å². The van der Waals surface area contributed by atoms with E-state index in [9.17, 15) is 0 Å². The highest BCUT2D eigenvalue weighted by atomic mass is 15.0. The molecule has 2 nitrogen and oxygen atoms in total. The minimum Gasteiger partial charge on any atom is -0.307 e. The molecular formula is C48H30N2. The first kappa shape index (κ1) is 27.3. The van der Waals surface area contributed by atoms with Crippen LogP contribution in [0.25, 0.3) is 98.4 Å². The summed E-state index contributed by atoms with van der Waals surface area (Å²) in [4.78, 5) is 0. The van der Waals surface area contributed by atoms with Crippen LogP contribution in [0.15, 0.2) is 182 Å². The Kier molecular flexibility index (Phi) is 5.70. The molecule has 11 aromatic rings. The molecular weight excluding hydrogens is 605 g/mol. The van der Waals surface area contributed by atoms with Crippen LogP contribution in [0.3, 0.4) is 0 Å². The summed E-state index contributed by atoms with van der Waals surface area (Å²) < 4.78 is 4.99. The third-order valence-electron chi connectivity index (χ3n) is 10.6. The monoisotopic (exact) mass is 634 g/mol. The van der Waals surface area contributed by atoms with Gasteiger partial charge < -0.3 is 9.13 Å².